The SMILES string of the molecule is Ic1cc(C2CCOCC2)n2nc(NCc3ccc4c(c3)CCO4)nc2n1. The highest BCUT2D eigenvalue weighted by Gasteiger charge is 2.21. The third-order valence-corrected chi connectivity index (χ3v) is 5.71. The second-order valence-electron chi connectivity index (χ2n) is 6.93. The van der Waals surface area contributed by atoms with Gasteiger partial charge in [0.1, 0.15) is 9.45 Å². The maximum atomic E-state index is 5.57. The van der Waals surface area contributed by atoms with E-state index in [0.717, 1.165) is 48.5 Å². The van der Waals surface area contributed by atoms with Crippen LogP contribution in [0.4, 0.5) is 5.95 Å². The van der Waals surface area contributed by atoms with Gasteiger partial charge in [-0.3, -0.25) is 0 Å². The second-order valence-corrected chi connectivity index (χ2v) is 8.04. The van der Waals surface area contributed by atoms with E-state index in [1.165, 1.54) is 16.8 Å². The zero-order valence-electron chi connectivity index (χ0n) is 14.8. The largest absolute Gasteiger partial charge is 0.493 e. The van der Waals surface area contributed by atoms with Crippen molar-refractivity contribution in [2.24, 2.45) is 0 Å². The maximum absolute atomic E-state index is 5.57. The fourth-order valence-corrected chi connectivity index (χ4v) is 4.29. The van der Waals surface area contributed by atoms with Gasteiger partial charge in [-0.2, -0.15) is 9.50 Å². The van der Waals surface area contributed by atoms with E-state index in [2.05, 4.69) is 61.2 Å². The number of hydrogen-bond acceptors (Lipinski definition) is 6. The van der Waals surface area contributed by atoms with E-state index in [-0.39, 0.29) is 0 Å². The van der Waals surface area contributed by atoms with E-state index in [9.17, 15) is 0 Å². The van der Waals surface area contributed by atoms with Gasteiger partial charge in [-0.05, 0) is 58.7 Å². The predicted octanol–water partition coefficient (Wildman–Crippen LogP) is 3.17. The summed E-state index contributed by atoms with van der Waals surface area (Å²) in [6.07, 6.45) is 3.00. The standard InChI is InChI=1S/C19H20IN5O2/c20-17-10-15(13-3-6-26-7-4-13)25-19(22-17)23-18(24-25)21-11-12-1-2-16-14(9-12)5-8-27-16/h1-2,9-10,13H,3-8,11H2,(H,21,24). The van der Waals surface area contributed by atoms with Gasteiger partial charge in [0.05, 0.1) is 12.3 Å². The van der Waals surface area contributed by atoms with Crippen LogP contribution in [0.2, 0.25) is 0 Å². The molecule has 1 saturated heterocycles. The van der Waals surface area contributed by atoms with Crippen LogP contribution < -0.4 is 10.1 Å². The highest BCUT2D eigenvalue weighted by atomic mass is 127. The van der Waals surface area contributed by atoms with Gasteiger partial charge in [-0.15, -0.1) is 5.10 Å². The minimum Gasteiger partial charge on any atom is -0.493 e. The van der Waals surface area contributed by atoms with Crippen LogP contribution in [0.5, 0.6) is 5.75 Å². The van der Waals surface area contributed by atoms with Gasteiger partial charge < -0.3 is 14.8 Å². The highest BCUT2D eigenvalue weighted by molar-refractivity contribution is 14.1. The summed E-state index contributed by atoms with van der Waals surface area (Å²) in [5.41, 5.74) is 3.64. The summed E-state index contributed by atoms with van der Waals surface area (Å²) in [4.78, 5) is 9.13. The quantitative estimate of drug-likeness (QED) is 0.460. The number of rotatable bonds is 4. The van der Waals surface area contributed by atoms with Crippen molar-refractivity contribution >= 4 is 34.3 Å². The lowest BCUT2D eigenvalue weighted by Crippen LogP contribution is -2.17. The van der Waals surface area contributed by atoms with Gasteiger partial charge in [0.25, 0.3) is 5.78 Å². The number of nitrogens with zero attached hydrogens (tertiary/aromatic N) is 4. The molecule has 1 aromatic carbocycles. The minimum atomic E-state index is 0.434. The van der Waals surface area contributed by atoms with E-state index in [1.807, 2.05) is 10.6 Å². The van der Waals surface area contributed by atoms with Gasteiger partial charge >= 0.3 is 0 Å². The molecule has 0 unspecified atom stereocenters. The average molecular weight is 477 g/mol. The number of fused-ring (bicyclic) bond motifs is 2. The number of aromatic nitrogens is 4. The van der Waals surface area contributed by atoms with Crippen LogP contribution in [-0.2, 0) is 17.7 Å². The van der Waals surface area contributed by atoms with E-state index < -0.39 is 0 Å². The zero-order valence-corrected chi connectivity index (χ0v) is 17.0. The monoisotopic (exact) mass is 477 g/mol. The van der Waals surface area contributed by atoms with Crippen LogP contribution in [-0.4, -0.2) is 39.4 Å². The normalized spacial score (nSPS) is 17.1. The first-order chi connectivity index (χ1) is 13.3. The molecular formula is C19H20IN5O2. The molecule has 0 spiro atoms. The van der Waals surface area contributed by atoms with Crippen molar-refractivity contribution in [3.8, 4) is 5.75 Å². The number of nitrogens with one attached hydrogen (secondary N) is 1. The van der Waals surface area contributed by atoms with Crippen LogP contribution in [0.25, 0.3) is 5.78 Å². The Bertz CT molecular complexity index is 984. The molecular weight excluding hydrogens is 457 g/mol. The molecule has 0 amide bonds. The second kappa shape index (κ2) is 7.23. The van der Waals surface area contributed by atoms with Gasteiger partial charge in [-0.25, -0.2) is 4.98 Å². The topological polar surface area (TPSA) is 73.6 Å². The summed E-state index contributed by atoms with van der Waals surface area (Å²) in [7, 11) is 0. The Balaban J connectivity index is 1.39. The van der Waals surface area contributed by atoms with Gasteiger partial charge in [0.15, 0.2) is 0 Å². The maximum Gasteiger partial charge on any atom is 0.255 e. The molecule has 0 bridgehead atoms. The predicted molar refractivity (Wildman–Crippen MR) is 109 cm³/mol. The molecule has 0 radical (unpaired) electrons. The summed E-state index contributed by atoms with van der Waals surface area (Å²) in [6, 6.07) is 8.44. The van der Waals surface area contributed by atoms with Crippen LogP contribution in [0.3, 0.4) is 0 Å². The first-order valence-corrected chi connectivity index (χ1v) is 10.3. The van der Waals surface area contributed by atoms with Crippen LogP contribution >= 0.6 is 22.6 Å². The van der Waals surface area contributed by atoms with Crippen molar-refractivity contribution in [1.82, 2.24) is 19.6 Å². The third kappa shape index (κ3) is 3.47. The molecule has 8 heteroatoms. The van der Waals surface area contributed by atoms with Crippen molar-refractivity contribution in [2.45, 2.75) is 31.7 Å². The molecule has 1 N–H and O–H groups in total. The van der Waals surface area contributed by atoms with E-state index in [0.29, 0.717) is 24.2 Å². The molecule has 2 aliphatic heterocycles. The van der Waals surface area contributed by atoms with E-state index in [4.69, 9.17) is 9.47 Å². The summed E-state index contributed by atoms with van der Waals surface area (Å²) in [5.74, 6) is 2.69. The first kappa shape index (κ1) is 17.2. The first-order valence-electron chi connectivity index (χ1n) is 9.26. The minimum absolute atomic E-state index is 0.434. The number of halogens is 1. The Labute approximate surface area is 170 Å². The van der Waals surface area contributed by atoms with Crippen molar-refractivity contribution in [2.75, 3.05) is 25.1 Å². The number of anilines is 1. The summed E-state index contributed by atoms with van der Waals surface area (Å²) in [5, 5.41) is 8.02. The molecule has 3 aromatic rings. The van der Waals surface area contributed by atoms with E-state index in [1.54, 1.807) is 0 Å². The van der Waals surface area contributed by atoms with Crippen LogP contribution in [0.1, 0.15) is 35.6 Å². The molecule has 2 aromatic heterocycles. The fourth-order valence-electron chi connectivity index (χ4n) is 3.75. The summed E-state index contributed by atoms with van der Waals surface area (Å²) < 4.78 is 13.9. The Morgan fingerprint density at radius 2 is 2.04 bits per heavy atom. The van der Waals surface area contributed by atoms with Crippen molar-refractivity contribution < 1.29 is 9.47 Å². The summed E-state index contributed by atoms with van der Waals surface area (Å²) >= 11 is 2.25. The molecule has 4 heterocycles. The van der Waals surface area contributed by atoms with Crippen molar-refractivity contribution in [1.29, 1.82) is 0 Å². The van der Waals surface area contributed by atoms with E-state index >= 15 is 0 Å². The summed E-state index contributed by atoms with van der Waals surface area (Å²) in [6.45, 7) is 3.05. The fraction of sp³-hybridized carbons (Fsp3) is 0.421. The molecule has 0 aliphatic carbocycles. The van der Waals surface area contributed by atoms with Gasteiger partial charge in [-0.1, -0.05) is 12.1 Å². The number of ether oxygens (including phenoxy) is 2. The third-order valence-electron chi connectivity index (χ3n) is 5.15. The Morgan fingerprint density at radius 3 is 2.93 bits per heavy atom. The smallest absolute Gasteiger partial charge is 0.255 e. The molecule has 7 nitrogen and oxygen atoms in total. The molecule has 5 rings (SSSR count). The molecule has 140 valence electrons. The zero-order chi connectivity index (χ0) is 18.2. The number of hydrogen-bond donors (Lipinski definition) is 1. The molecule has 2 aliphatic rings. The Morgan fingerprint density at radius 1 is 1.15 bits per heavy atom. The van der Waals surface area contributed by atoms with Crippen molar-refractivity contribution in [3.05, 3.63) is 44.8 Å². The molecule has 27 heavy (non-hydrogen) atoms. The average Bonchev–Trinajstić information content (AvgIpc) is 3.32. The molecule has 0 atom stereocenters. The number of benzene rings is 1. The highest BCUT2D eigenvalue weighted by Crippen LogP contribution is 2.28. The van der Waals surface area contributed by atoms with Crippen molar-refractivity contribution in [3.63, 3.8) is 0 Å². The lowest BCUT2D eigenvalue weighted by Gasteiger charge is -2.22. The Kier molecular flexibility index (Phi) is 4.60. The Hall–Kier alpha value is -1.94. The van der Waals surface area contributed by atoms with Crippen LogP contribution in [0.15, 0.2) is 24.3 Å². The van der Waals surface area contributed by atoms with Gasteiger partial charge in [0, 0.05) is 32.1 Å². The van der Waals surface area contributed by atoms with Gasteiger partial charge in [0.2, 0.25) is 5.95 Å². The lowest BCUT2D eigenvalue weighted by atomic mass is 9.96. The molecule has 0 saturated carbocycles. The van der Waals surface area contributed by atoms with Crippen LogP contribution in [0, 0.1) is 3.70 Å². The lowest BCUT2D eigenvalue weighted by molar-refractivity contribution is 0.0840. The molecule has 1 fully saturated rings.